The molecule has 0 radical (unpaired) electrons. The van der Waals surface area contributed by atoms with Gasteiger partial charge < -0.3 is 15.2 Å². The van der Waals surface area contributed by atoms with Crippen molar-refractivity contribution in [1.82, 2.24) is 0 Å². The van der Waals surface area contributed by atoms with Crippen LogP contribution in [0.4, 0.5) is 14.5 Å². The Labute approximate surface area is 90.2 Å². The number of carbonyl (C=O) groups is 1. The number of anilines is 1. The van der Waals surface area contributed by atoms with Crippen LogP contribution < -0.4 is 10.1 Å². The summed E-state index contributed by atoms with van der Waals surface area (Å²) in [5.74, 6) is -1.19. The minimum atomic E-state index is -2.92. The van der Waals surface area contributed by atoms with Gasteiger partial charge in [0.1, 0.15) is 5.75 Å². The van der Waals surface area contributed by atoms with Gasteiger partial charge in [-0.3, -0.25) is 0 Å². The molecule has 1 aromatic rings. The van der Waals surface area contributed by atoms with Crippen molar-refractivity contribution in [3.05, 3.63) is 36.5 Å². The van der Waals surface area contributed by atoms with E-state index >= 15 is 0 Å². The van der Waals surface area contributed by atoms with Gasteiger partial charge >= 0.3 is 12.6 Å². The third kappa shape index (κ3) is 3.95. The highest BCUT2D eigenvalue weighted by molar-refractivity contribution is 5.80. The lowest BCUT2D eigenvalue weighted by Crippen LogP contribution is -2.04. The van der Waals surface area contributed by atoms with E-state index in [1.807, 2.05) is 0 Å². The summed E-state index contributed by atoms with van der Waals surface area (Å²) in [6.45, 7) is -2.92. The number of aliphatic carboxylic acids is 1. The highest BCUT2D eigenvalue weighted by Gasteiger charge is 2.07. The second-order valence-electron chi connectivity index (χ2n) is 2.69. The molecule has 0 bridgehead atoms. The topological polar surface area (TPSA) is 58.6 Å². The molecule has 0 atom stereocenters. The number of carboxylic acid groups (broad SMARTS) is 1. The first-order valence-electron chi connectivity index (χ1n) is 4.29. The first-order chi connectivity index (χ1) is 7.59. The quantitative estimate of drug-likeness (QED) is 0.760. The summed E-state index contributed by atoms with van der Waals surface area (Å²) in [6.07, 6.45) is 1.97. The van der Waals surface area contributed by atoms with Crippen LogP contribution in [0.2, 0.25) is 0 Å². The average molecular weight is 229 g/mol. The molecule has 0 saturated heterocycles. The van der Waals surface area contributed by atoms with Gasteiger partial charge in [-0.15, -0.1) is 0 Å². The zero-order chi connectivity index (χ0) is 12.0. The summed E-state index contributed by atoms with van der Waals surface area (Å²) in [5.41, 5.74) is 0.264. The van der Waals surface area contributed by atoms with Gasteiger partial charge in [-0.1, -0.05) is 12.1 Å². The predicted molar refractivity (Wildman–Crippen MR) is 53.5 cm³/mol. The molecule has 2 N–H and O–H groups in total. The monoisotopic (exact) mass is 229 g/mol. The summed E-state index contributed by atoms with van der Waals surface area (Å²) >= 11 is 0. The van der Waals surface area contributed by atoms with Crippen molar-refractivity contribution in [2.24, 2.45) is 0 Å². The SMILES string of the molecule is O=C(O)/C=C/Nc1ccccc1OC(F)F. The maximum Gasteiger partial charge on any atom is 0.387 e. The van der Waals surface area contributed by atoms with Crippen molar-refractivity contribution in [3.8, 4) is 5.75 Å². The Hall–Kier alpha value is -2.11. The zero-order valence-electron chi connectivity index (χ0n) is 8.06. The maximum atomic E-state index is 12.0. The number of hydrogen-bond donors (Lipinski definition) is 2. The largest absolute Gasteiger partial charge is 0.478 e. The Kier molecular flexibility index (Phi) is 4.26. The first-order valence-corrected chi connectivity index (χ1v) is 4.29. The lowest BCUT2D eigenvalue weighted by atomic mass is 10.3. The molecule has 4 nitrogen and oxygen atoms in total. The molecule has 0 amide bonds. The van der Waals surface area contributed by atoms with Crippen LogP contribution in [0.5, 0.6) is 5.75 Å². The van der Waals surface area contributed by atoms with Gasteiger partial charge in [-0.25, -0.2) is 4.79 Å². The van der Waals surface area contributed by atoms with Gasteiger partial charge in [0.25, 0.3) is 0 Å². The number of ether oxygens (including phenoxy) is 1. The molecule has 86 valence electrons. The number of rotatable bonds is 5. The third-order valence-corrected chi connectivity index (χ3v) is 1.57. The van der Waals surface area contributed by atoms with Gasteiger partial charge in [0.15, 0.2) is 0 Å². The maximum absolute atomic E-state index is 12.0. The second-order valence-corrected chi connectivity index (χ2v) is 2.69. The standard InChI is InChI=1S/C10H9F2NO3/c11-10(12)16-8-4-2-1-3-7(8)13-6-5-9(14)15/h1-6,10,13H,(H,14,15)/b6-5+. The van der Waals surface area contributed by atoms with Crippen LogP contribution in [0.1, 0.15) is 0 Å². The van der Waals surface area contributed by atoms with Gasteiger partial charge in [-0.2, -0.15) is 8.78 Å². The van der Waals surface area contributed by atoms with Crippen molar-refractivity contribution < 1.29 is 23.4 Å². The van der Waals surface area contributed by atoms with Crippen LogP contribution >= 0.6 is 0 Å². The second kappa shape index (κ2) is 5.69. The molecule has 0 heterocycles. The van der Waals surface area contributed by atoms with Crippen LogP contribution in [0, 0.1) is 0 Å². The summed E-state index contributed by atoms with van der Waals surface area (Å²) in [4.78, 5) is 10.2. The Balaban J connectivity index is 2.74. The van der Waals surface area contributed by atoms with Gasteiger partial charge in [0, 0.05) is 12.3 Å². The number of nitrogens with one attached hydrogen (secondary N) is 1. The van der Waals surface area contributed by atoms with Gasteiger partial charge in [-0.05, 0) is 12.1 Å². The predicted octanol–water partition coefficient (Wildman–Crippen LogP) is 2.30. The van der Waals surface area contributed by atoms with Crippen LogP contribution in [-0.2, 0) is 4.79 Å². The summed E-state index contributed by atoms with van der Waals surface area (Å²) in [5, 5.41) is 10.9. The van der Waals surface area contributed by atoms with E-state index in [4.69, 9.17) is 5.11 Å². The fourth-order valence-electron chi connectivity index (χ4n) is 0.987. The number of benzene rings is 1. The number of hydrogen-bond acceptors (Lipinski definition) is 3. The molecule has 0 aromatic heterocycles. The van der Waals surface area contributed by atoms with Crippen LogP contribution in [0.15, 0.2) is 36.5 Å². The van der Waals surface area contributed by atoms with E-state index in [2.05, 4.69) is 10.1 Å². The molecule has 1 aromatic carbocycles. The fourth-order valence-corrected chi connectivity index (χ4v) is 0.987. The highest BCUT2D eigenvalue weighted by atomic mass is 19.3. The van der Waals surface area contributed by atoms with E-state index in [1.54, 1.807) is 6.07 Å². The third-order valence-electron chi connectivity index (χ3n) is 1.57. The molecule has 1 rings (SSSR count). The minimum Gasteiger partial charge on any atom is -0.478 e. The van der Waals surface area contributed by atoms with E-state index < -0.39 is 12.6 Å². The molecule has 0 unspecified atom stereocenters. The Morgan fingerprint density at radius 1 is 1.44 bits per heavy atom. The summed E-state index contributed by atoms with van der Waals surface area (Å²) in [6, 6.07) is 5.98. The lowest BCUT2D eigenvalue weighted by molar-refractivity contribution is -0.131. The van der Waals surface area contributed by atoms with E-state index in [0.717, 1.165) is 12.3 Å². The zero-order valence-corrected chi connectivity index (χ0v) is 8.06. The van der Waals surface area contributed by atoms with Crippen LogP contribution in [-0.4, -0.2) is 17.7 Å². The number of alkyl halides is 2. The minimum absolute atomic E-state index is 0.0486. The Bertz CT molecular complexity index is 393. The smallest absolute Gasteiger partial charge is 0.387 e. The molecule has 0 spiro atoms. The molecule has 0 aliphatic carbocycles. The molecule has 16 heavy (non-hydrogen) atoms. The Morgan fingerprint density at radius 2 is 2.12 bits per heavy atom. The van der Waals surface area contributed by atoms with Gasteiger partial charge in [0.2, 0.25) is 0 Å². The van der Waals surface area contributed by atoms with E-state index in [1.165, 1.54) is 18.2 Å². The first kappa shape index (κ1) is 12.0. The molecule has 0 aliphatic rings. The van der Waals surface area contributed by atoms with Crippen molar-refractivity contribution in [3.63, 3.8) is 0 Å². The Morgan fingerprint density at radius 3 is 2.75 bits per heavy atom. The normalized spacial score (nSPS) is 10.7. The molecular formula is C10H9F2NO3. The van der Waals surface area contributed by atoms with Crippen LogP contribution in [0.25, 0.3) is 0 Å². The van der Waals surface area contributed by atoms with Gasteiger partial charge in [0.05, 0.1) is 5.69 Å². The van der Waals surface area contributed by atoms with Crippen molar-refractivity contribution >= 4 is 11.7 Å². The van der Waals surface area contributed by atoms with E-state index in [-0.39, 0.29) is 11.4 Å². The molecule has 0 aliphatic heterocycles. The lowest BCUT2D eigenvalue weighted by Gasteiger charge is -2.09. The molecule has 0 saturated carbocycles. The number of para-hydroxylation sites is 2. The van der Waals surface area contributed by atoms with Crippen molar-refractivity contribution in [1.29, 1.82) is 0 Å². The van der Waals surface area contributed by atoms with Crippen molar-refractivity contribution in [2.45, 2.75) is 6.61 Å². The number of carboxylic acids is 1. The fraction of sp³-hybridized carbons (Fsp3) is 0.100. The number of halogens is 2. The van der Waals surface area contributed by atoms with E-state index in [0.29, 0.717) is 0 Å². The average Bonchev–Trinajstić information content (AvgIpc) is 2.19. The summed E-state index contributed by atoms with van der Waals surface area (Å²) in [7, 11) is 0. The molecular weight excluding hydrogens is 220 g/mol. The van der Waals surface area contributed by atoms with E-state index in [9.17, 15) is 13.6 Å². The molecule has 6 heteroatoms. The summed E-state index contributed by atoms with van der Waals surface area (Å²) < 4.78 is 28.2. The molecule has 0 fully saturated rings. The highest BCUT2D eigenvalue weighted by Crippen LogP contribution is 2.25. The van der Waals surface area contributed by atoms with Crippen molar-refractivity contribution in [2.75, 3.05) is 5.32 Å². The van der Waals surface area contributed by atoms with Crippen LogP contribution in [0.3, 0.4) is 0 Å².